The van der Waals surface area contributed by atoms with Gasteiger partial charge in [-0.2, -0.15) is 0 Å². The van der Waals surface area contributed by atoms with E-state index >= 15 is 0 Å². The highest BCUT2D eigenvalue weighted by Gasteiger charge is 2.37. The number of carbonyl (C=O) groups is 2. The van der Waals surface area contributed by atoms with Gasteiger partial charge in [0.05, 0.1) is 17.1 Å². The number of nitrogens with one attached hydrogen (secondary N) is 1. The zero-order chi connectivity index (χ0) is 24.0. The molecule has 3 heterocycles. The van der Waals surface area contributed by atoms with Crippen molar-refractivity contribution in [3.8, 4) is 0 Å². The zero-order valence-corrected chi connectivity index (χ0v) is 20.4. The lowest BCUT2D eigenvalue weighted by molar-refractivity contribution is -0.141. The van der Waals surface area contributed by atoms with E-state index in [9.17, 15) is 14.4 Å². The lowest BCUT2D eigenvalue weighted by Crippen LogP contribution is -2.52. The van der Waals surface area contributed by atoms with Gasteiger partial charge in [0.15, 0.2) is 0 Å². The summed E-state index contributed by atoms with van der Waals surface area (Å²) in [6, 6.07) is 3.73. The van der Waals surface area contributed by atoms with Crippen LogP contribution in [0.4, 0.5) is 0 Å². The summed E-state index contributed by atoms with van der Waals surface area (Å²) in [5.74, 6) is -0.383. The van der Waals surface area contributed by atoms with Gasteiger partial charge in [0.25, 0.3) is 11.5 Å². The number of aliphatic hydroxyl groups is 1. The lowest BCUT2D eigenvalue weighted by atomic mass is 9.80. The van der Waals surface area contributed by atoms with Crippen LogP contribution in [-0.4, -0.2) is 57.9 Å². The van der Waals surface area contributed by atoms with Crippen molar-refractivity contribution in [3.63, 3.8) is 0 Å². The maximum absolute atomic E-state index is 13.5. The lowest BCUT2D eigenvalue weighted by Gasteiger charge is -2.43. The Balaban J connectivity index is 1.62. The van der Waals surface area contributed by atoms with Crippen LogP contribution in [0.25, 0.3) is 0 Å². The molecule has 0 saturated carbocycles. The third-order valence-corrected chi connectivity index (χ3v) is 7.66. The van der Waals surface area contributed by atoms with Crippen LogP contribution in [0, 0.1) is 19.8 Å². The summed E-state index contributed by atoms with van der Waals surface area (Å²) in [5, 5.41) is 9.94. The van der Waals surface area contributed by atoms with Crippen LogP contribution in [0.2, 0.25) is 10.0 Å². The molecule has 1 fully saturated rings. The maximum atomic E-state index is 13.5. The van der Waals surface area contributed by atoms with E-state index in [1.54, 1.807) is 9.80 Å². The van der Waals surface area contributed by atoms with E-state index in [-0.39, 0.29) is 35.8 Å². The number of aryl methyl sites for hydroxylation is 2. The number of aromatic amines is 1. The smallest absolute Gasteiger partial charge is 0.256 e. The number of rotatable bonds is 5. The molecule has 0 spiro atoms. The second kappa shape index (κ2) is 9.12. The Morgan fingerprint density at radius 1 is 1.24 bits per heavy atom. The van der Waals surface area contributed by atoms with Crippen molar-refractivity contribution in [1.82, 2.24) is 14.8 Å². The molecule has 2 amide bonds. The number of fused-ring (bicyclic) bond motifs is 1. The molecule has 1 aromatic heterocycles. The van der Waals surface area contributed by atoms with E-state index in [1.165, 1.54) is 0 Å². The van der Waals surface area contributed by atoms with E-state index < -0.39 is 6.61 Å². The fourth-order valence-electron chi connectivity index (χ4n) is 4.79. The number of pyridine rings is 1. The molecule has 4 rings (SSSR count). The predicted molar refractivity (Wildman–Crippen MR) is 127 cm³/mol. The average molecular weight is 492 g/mol. The number of nitrogens with zero attached hydrogens (tertiary/aromatic N) is 2. The third-order valence-electron chi connectivity index (χ3n) is 6.92. The van der Waals surface area contributed by atoms with E-state index in [2.05, 4.69) is 4.98 Å². The zero-order valence-electron chi connectivity index (χ0n) is 18.9. The summed E-state index contributed by atoms with van der Waals surface area (Å²) < 4.78 is 0. The van der Waals surface area contributed by atoms with Gasteiger partial charge in [-0.1, -0.05) is 30.1 Å². The van der Waals surface area contributed by atoms with Crippen LogP contribution in [0.5, 0.6) is 0 Å². The average Bonchev–Trinajstić information content (AvgIpc) is 2.72. The second-order valence-corrected chi connectivity index (χ2v) is 9.83. The molecule has 2 aliphatic rings. The number of aliphatic hydroxyl groups excluding tert-OH is 1. The van der Waals surface area contributed by atoms with Crippen molar-refractivity contribution in [2.75, 3.05) is 26.2 Å². The first-order valence-corrected chi connectivity index (χ1v) is 11.8. The van der Waals surface area contributed by atoms with Crippen LogP contribution in [0.15, 0.2) is 16.9 Å². The molecule has 7 nitrogen and oxygen atoms in total. The van der Waals surface area contributed by atoms with Crippen LogP contribution < -0.4 is 5.56 Å². The Labute approximate surface area is 202 Å². The standard InChI is InChI=1S/C24H27Cl2N3O4/c1-12-6-13(2)27-23(32)18(12)10-28-5-4-16-19(25)7-17(22(26)21(16)24(28)33)14(3)15-8-29(9-15)20(31)11-30/h6-7,14-15,30H,4-5,8-11H2,1-3H3,(H,27,32). The molecule has 2 aliphatic heterocycles. The van der Waals surface area contributed by atoms with Crippen LogP contribution in [0.1, 0.15) is 51.1 Å². The first-order valence-electron chi connectivity index (χ1n) is 11.0. The highest BCUT2D eigenvalue weighted by Crippen LogP contribution is 2.42. The Hall–Kier alpha value is -2.35. The quantitative estimate of drug-likeness (QED) is 0.671. The van der Waals surface area contributed by atoms with E-state index in [0.717, 1.165) is 22.4 Å². The monoisotopic (exact) mass is 491 g/mol. The van der Waals surface area contributed by atoms with Crippen molar-refractivity contribution in [2.24, 2.45) is 5.92 Å². The molecule has 0 radical (unpaired) electrons. The van der Waals surface area contributed by atoms with Crippen molar-refractivity contribution in [3.05, 3.63) is 66.0 Å². The van der Waals surface area contributed by atoms with Gasteiger partial charge in [0.2, 0.25) is 5.91 Å². The Kier molecular flexibility index (Phi) is 6.58. The summed E-state index contributed by atoms with van der Waals surface area (Å²) in [7, 11) is 0. The molecule has 0 bridgehead atoms. The maximum Gasteiger partial charge on any atom is 0.256 e. The SMILES string of the molecule is Cc1cc(C)c(CN2CCc3c(Cl)cc(C(C)C4CN(C(=O)CO)C4)c(Cl)c3C2=O)c(=O)[nH]1. The van der Waals surface area contributed by atoms with E-state index in [1.807, 2.05) is 32.9 Å². The van der Waals surface area contributed by atoms with Crippen molar-refractivity contribution >= 4 is 35.0 Å². The number of H-pyrrole nitrogens is 1. The molecule has 1 atom stereocenters. The van der Waals surface area contributed by atoms with Gasteiger partial charge in [-0.3, -0.25) is 14.4 Å². The second-order valence-electron chi connectivity index (χ2n) is 9.04. The molecular weight excluding hydrogens is 465 g/mol. The summed E-state index contributed by atoms with van der Waals surface area (Å²) in [4.78, 5) is 43.7. The molecular formula is C24H27Cl2N3O4. The van der Waals surface area contributed by atoms with E-state index in [0.29, 0.717) is 47.2 Å². The molecule has 1 aromatic carbocycles. The van der Waals surface area contributed by atoms with Crippen LogP contribution in [0.3, 0.4) is 0 Å². The first kappa shape index (κ1) is 23.8. The summed E-state index contributed by atoms with van der Waals surface area (Å²) in [6.45, 7) is 6.91. The number of hydrogen-bond donors (Lipinski definition) is 2. The fraction of sp³-hybridized carbons (Fsp3) is 0.458. The van der Waals surface area contributed by atoms with Gasteiger partial charge in [0.1, 0.15) is 6.61 Å². The number of amides is 2. The largest absolute Gasteiger partial charge is 0.387 e. The fourth-order valence-corrected chi connectivity index (χ4v) is 5.52. The Morgan fingerprint density at radius 2 is 1.94 bits per heavy atom. The van der Waals surface area contributed by atoms with Gasteiger partial charge in [0, 0.05) is 41.8 Å². The summed E-state index contributed by atoms with van der Waals surface area (Å²) in [6.07, 6.45) is 0.555. The van der Waals surface area contributed by atoms with E-state index in [4.69, 9.17) is 28.3 Å². The number of likely N-dealkylation sites (tertiary alicyclic amines) is 1. The van der Waals surface area contributed by atoms with Gasteiger partial charge in [-0.15, -0.1) is 0 Å². The topological polar surface area (TPSA) is 93.7 Å². The highest BCUT2D eigenvalue weighted by molar-refractivity contribution is 6.37. The van der Waals surface area contributed by atoms with Crippen molar-refractivity contribution < 1.29 is 14.7 Å². The predicted octanol–water partition coefficient (Wildman–Crippen LogP) is 3.05. The molecule has 2 N–H and O–H groups in total. The molecule has 9 heteroatoms. The number of halogens is 2. The number of benzene rings is 1. The minimum Gasteiger partial charge on any atom is -0.387 e. The van der Waals surface area contributed by atoms with Crippen LogP contribution in [-0.2, 0) is 17.8 Å². The van der Waals surface area contributed by atoms with Gasteiger partial charge in [-0.25, -0.2) is 0 Å². The van der Waals surface area contributed by atoms with Gasteiger partial charge >= 0.3 is 0 Å². The first-order chi connectivity index (χ1) is 15.6. The normalized spacial score (nSPS) is 17.1. The molecule has 2 aromatic rings. The third kappa shape index (κ3) is 4.29. The number of carbonyl (C=O) groups excluding carboxylic acids is 2. The minimum atomic E-state index is -0.500. The molecule has 176 valence electrons. The Bertz CT molecular complexity index is 1190. The van der Waals surface area contributed by atoms with Crippen molar-refractivity contribution in [2.45, 2.75) is 39.7 Å². The van der Waals surface area contributed by atoms with Crippen LogP contribution >= 0.6 is 23.2 Å². The Morgan fingerprint density at radius 3 is 2.58 bits per heavy atom. The van der Waals surface area contributed by atoms with Gasteiger partial charge in [-0.05, 0) is 55.0 Å². The number of aromatic nitrogens is 1. The van der Waals surface area contributed by atoms with Gasteiger partial charge < -0.3 is 19.9 Å². The molecule has 1 unspecified atom stereocenters. The molecule has 0 aliphatic carbocycles. The minimum absolute atomic E-state index is 0.0200. The number of hydrogen-bond acceptors (Lipinski definition) is 4. The van der Waals surface area contributed by atoms with Crippen molar-refractivity contribution in [1.29, 1.82) is 0 Å². The highest BCUT2D eigenvalue weighted by atomic mass is 35.5. The molecule has 33 heavy (non-hydrogen) atoms. The summed E-state index contributed by atoms with van der Waals surface area (Å²) >= 11 is 13.4. The molecule has 1 saturated heterocycles. The summed E-state index contributed by atoms with van der Waals surface area (Å²) in [5.41, 5.74) is 3.91.